The van der Waals surface area contributed by atoms with Gasteiger partial charge in [-0.15, -0.1) is 5.92 Å². The summed E-state index contributed by atoms with van der Waals surface area (Å²) in [5.41, 5.74) is 1.88. The maximum atomic E-state index is 13.7. The number of pyridine rings is 1. The summed E-state index contributed by atoms with van der Waals surface area (Å²) in [5, 5.41) is 3.66. The van der Waals surface area contributed by atoms with E-state index >= 15 is 0 Å². The summed E-state index contributed by atoms with van der Waals surface area (Å²) >= 11 is 0. The standard InChI is InChI=1S/C32H35N9O4/c1-37-15-17-38(18-16-37)24-19-22(9-10-25(24)44-2)34-32-33-20-23-29(36-32)41-27-12-11-26-30(35-27)39(28(42)21-45-26)13-7-5-3-4-6-8-14-40(41)31(23)43/h9-12,19-20H,3-5,7,13-18,21H2,1-2H3,(H,33,34,36). The number of nitrogens with one attached hydrogen (secondary N) is 1. The second-order valence-electron chi connectivity index (χ2n) is 11.4. The number of piperazine rings is 1. The quantitative estimate of drug-likeness (QED) is 0.346. The van der Waals surface area contributed by atoms with Crippen molar-refractivity contribution >= 4 is 40.1 Å². The fourth-order valence-electron chi connectivity index (χ4n) is 5.95. The van der Waals surface area contributed by atoms with Crippen LogP contribution in [0.15, 0.2) is 41.3 Å². The molecule has 7 rings (SSSR count). The molecule has 1 amide bonds. The average molecular weight is 610 g/mol. The average Bonchev–Trinajstić information content (AvgIpc) is 3.33. The maximum absolute atomic E-state index is 13.7. The van der Waals surface area contributed by atoms with Crippen molar-refractivity contribution in [2.75, 3.05) is 68.6 Å². The zero-order valence-corrected chi connectivity index (χ0v) is 25.5. The van der Waals surface area contributed by atoms with Crippen molar-refractivity contribution in [1.82, 2.24) is 29.2 Å². The van der Waals surface area contributed by atoms with E-state index in [0.717, 1.165) is 62.6 Å². The van der Waals surface area contributed by atoms with Crippen LogP contribution in [0.2, 0.25) is 0 Å². The van der Waals surface area contributed by atoms with Gasteiger partial charge < -0.3 is 24.6 Å². The molecule has 3 aromatic heterocycles. The molecule has 0 saturated carbocycles. The lowest BCUT2D eigenvalue weighted by atomic mass is 10.2. The highest BCUT2D eigenvalue weighted by Crippen LogP contribution is 2.34. The summed E-state index contributed by atoms with van der Waals surface area (Å²) in [6.07, 6.45) is 4.92. The van der Waals surface area contributed by atoms with E-state index in [4.69, 9.17) is 19.4 Å². The number of methoxy groups -OCH3 is 1. The van der Waals surface area contributed by atoms with Crippen LogP contribution in [0.3, 0.4) is 0 Å². The Morgan fingerprint density at radius 2 is 1.84 bits per heavy atom. The molecule has 1 saturated heterocycles. The third-order valence-electron chi connectivity index (χ3n) is 8.44. The number of amides is 1. The molecule has 0 unspecified atom stereocenters. The van der Waals surface area contributed by atoms with Gasteiger partial charge in [-0.1, -0.05) is 12.3 Å². The van der Waals surface area contributed by atoms with Crippen LogP contribution in [0.1, 0.15) is 25.7 Å². The smallest absolute Gasteiger partial charge is 0.279 e. The lowest BCUT2D eigenvalue weighted by Gasteiger charge is -2.34. The topological polar surface area (TPSA) is 123 Å². The van der Waals surface area contributed by atoms with Crippen LogP contribution in [0.5, 0.6) is 11.5 Å². The fraction of sp³-hybridized carbons (Fsp3) is 0.406. The van der Waals surface area contributed by atoms with Crippen molar-refractivity contribution in [3.8, 4) is 29.2 Å². The van der Waals surface area contributed by atoms with Gasteiger partial charge in [-0.2, -0.15) is 4.98 Å². The van der Waals surface area contributed by atoms with Gasteiger partial charge in [0.15, 0.2) is 29.6 Å². The zero-order valence-electron chi connectivity index (χ0n) is 25.5. The Morgan fingerprint density at radius 1 is 0.978 bits per heavy atom. The highest BCUT2D eigenvalue weighted by molar-refractivity contribution is 5.96. The largest absolute Gasteiger partial charge is 0.495 e. The molecule has 45 heavy (non-hydrogen) atoms. The monoisotopic (exact) mass is 609 g/mol. The summed E-state index contributed by atoms with van der Waals surface area (Å²) in [6.45, 7) is 4.38. The predicted molar refractivity (Wildman–Crippen MR) is 171 cm³/mol. The SMILES string of the molecule is COc1ccc(Nc2ncc3c(=O)n4n(c3n2)-c2ccc3c(n2)N(CCCCCC#CC4)C(=O)CO3)cc1N1CCN(C)CC1. The van der Waals surface area contributed by atoms with E-state index in [0.29, 0.717) is 47.3 Å². The third-order valence-corrected chi connectivity index (χ3v) is 8.44. The van der Waals surface area contributed by atoms with Crippen molar-refractivity contribution in [2.24, 2.45) is 0 Å². The molecule has 0 atom stereocenters. The van der Waals surface area contributed by atoms with Gasteiger partial charge in [-0.05, 0) is 50.2 Å². The molecule has 1 fully saturated rings. The summed E-state index contributed by atoms with van der Waals surface area (Å²) < 4.78 is 14.6. The van der Waals surface area contributed by atoms with Gasteiger partial charge in [0.25, 0.3) is 11.5 Å². The van der Waals surface area contributed by atoms with Gasteiger partial charge in [0.05, 0.1) is 12.8 Å². The number of nitrogens with zero attached hydrogens (tertiary/aromatic N) is 8. The Balaban J connectivity index is 1.31. The number of hydrogen-bond acceptors (Lipinski definition) is 10. The number of likely N-dealkylation sites (N-methyl/N-ethyl adjacent to an activating group) is 1. The van der Waals surface area contributed by atoms with E-state index < -0.39 is 0 Å². The minimum absolute atomic E-state index is 0.0270. The molecule has 0 aliphatic carbocycles. The molecule has 3 aliphatic heterocycles. The molecular weight excluding hydrogens is 574 g/mol. The second-order valence-corrected chi connectivity index (χ2v) is 11.4. The molecule has 13 heteroatoms. The summed E-state index contributed by atoms with van der Waals surface area (Å²) in [5.74, 6) is 8.71. The van der Waals surface area contributed by atoms with Crippen LogP contribution in [-0.2, 0) is 11.3 Å². The Kier molecular flexibility index (Phi) is 7.72. The van der Waals surface area contributed by atoms with E-state index in [2.05, 4.69) is 39.0 Å². The first-order valence-electron chi connectivity index (χ1n) is 15.3. The van der Waals surface area contributed by atoms with Gasteiger partial charge in [-0.3, -0.25) is 14.5 Å². The number of carbonyl (C=O) groups is 1. The Morgan fingerprint density at radius 3 is 2.69 bits per heavy atom. The van der Waals surface area contributed by atoms with E-state index in [1.165, 1.54) is 10.9 Å². The number of fused-ring (bicyclic) bond motifs is 5. The molecule has 0 radical (unpaired) electrons. The predicted octanol–water partition coefficient (Wildman–Crippen LogP) is 2.78. The van der Waals surface area contributed by atoms with Crippen molar-refractivity contribution in [1.29, 1.82) is 0 Å². The molecule has 0 spiro atoms. The van der Waals surface area contributed by atoms with E-state index in [9.17, 15) is 9.59 Å². The summed E-state index contributed by atoms with van der Waals surface area (Å²) in [6, 6.07) is 9.43. The van der Waals surface area contributed by atoms with Gasteiger partial charge in [0.2, 0.25) is 5.95 Å². The van der Waals surface area contributed by atoms with Crippen LogP contribution in [-0.4, -0.2) is 88.6 Å². The molecule has 13 nitrogen and oxygen atoms in total. The van der Waals surface area contributed by atoms with Gasteiger partial charge in [-0.25, -0.2) is 19.3 Å². The molecule has 1 N–H and O–H groups in total. The lowest BCUT2D eigenvalue weighted by Crippen LogP contribution is -2.44. The van der Waals surface area contributed by atoms with E-state index in [1.807, 2.05) is 18.2 Å². The first kappa shape index (κ1) is 28.7. The highest BCUT2D eigenvalue weighted by atomic mass is 16.5. The molecular formula is C32H35N9O4. The number of aromatic nitrogens is 5. The van der Waals surface area contributed by atoms with Gasteiger partial charge >= 0.3 is 0 Å². The summed E-state index contributed by atoms with van der Waals surface area (Å²) in [4.78, 5) is 47.0. The fourth-order valence-corrected chi connectivity index (χ4v) is 5.95. The molecule has 4 aromatic rings. The van der Waals surface area contributed by atoms with Crippen molar-refractivity contribution in [2.45, 2.75) is 32.2 Å². The minimum atomic E-state index is -0.275. The molecule has 1 aromatic carbocycles. The number of rotatable bonds is 4. The van der Waals surface area contributed by atoms with E-state index in [-0.39, 0.29) is 24.6 Å². The molecule has 2 bridgehead atoms. The number of benzene rings is 1. The summed E-state index contributed by atoms with van der Waals surface area (Å²) in [7, 11) is 3.80. The van der Waals surface area contributed by atoms with Crippen LogP contribution >= 0.6 is 0 Å². The van der Waals surface area contributed by atoms with Crippen molar-refractivity contribution in [3.63, 3.8) is 0 Å². The Bertz CT molecular complexity index is 1880. The molecule has 6 heterocycles. The third kappa shape index (κ3) is 5.53. The van der Waals surface area contributed by atoms with E-state index in [1.54, 1.807) is 28.8 Å². The number of anilines is 4. The van der Waals surface area contributed by atoms with Crippen LogP contribution < -0.4 is 30.1 Å². The van der Waals surface area contributed by atoms with Crippen LogP contribution in [0.4, 0.5) is 23.1 Å². The zero-order chi connectivity index (χ0) is 30.9. The van der Waals surface area contributed by atoms with Crippen LogP contribution in [0, 0.1) is 11.8 Å². The van der Waals surface area contributed by atoms with Gasteiger partial charge in [0.1, 0.15) is 17.7 Å². The lowest BCUT2D eigenvalue weighted by molar-refractivity contribution is -0.121. The molecule has 3 aliphatic rings. The Hall–Kier alpha value is -5.09. The number of ether oxygens (including phenoxy) is 2. The minimum Gasteiger partial charge on any atom is -0.495 e. The first-order valence-corrected chi connectivity index (χ1v) is 15.3. The van der Waals surface area contributed by atoms with Crippen molar-refractivity contribution < 1.29 is 14.3 Å². The maximum Gasteiger partial charge on any atom is 0.279 e. The molecule has 232 valence electrons. The van der Waals surface area contributed by atoms with Crippen molar-refractivity contribution in [3.05, 3.63) is 46.9 Å². The highest BCUT2D eigenvalue weighted by Gasteiger charge is 2.28. The van der Waals surface area contributed by atoms with Gasteiger partial charge in [0, 0.05) is 51.0 Å². The number of hydrogen-bond donors (Lipinski definition) is 1. The second kappa shape index (κ2) is 12.1. The normalized spacial score (nSPS) is 17.2. The first-order chi connectivity index (χ1) is 22.0. The Labute approximate surface area is 260 Å². The van der Waals surface area contributed by atoms with Crippen LogP contribution in [0.25, 0.3) is 16.9 Å². The number of carbonyl (C=O) groups excluding carboxylic acids is 1.